The fraction of sp³-hybridized carbons (Fsp3) is 0.0909. The highest BCUT2D eigenvalue weighted by atomic mass is 16.3. The monoisotopic (exact) mass is 316 g/mol. The molecule has 0 aliphatic carbocycles. The summed E-state index contributed by atoms with van der Waals surface area (Å²) in [6, 6.07) is 24.5. The van der Waals surface area contributed by atoms with Crippen molar-refractivity contribution < 1.29 is 10.2 Å². The van der Waals surface area contributed by atoms with Gasteiger partial charge in [0.2, 0.25) is 0 Å². The van der Waals surface area contributed by atoms with E-state index in [9.17, 15) is 10.2 Å². The van der Waals surface area contributed by atoms with E-state index in [1.165, 1.54) is 0 Å². The quantitative estimate of drug-likeness (QED) is 0.513. The molecular formula is C22H20O2. The predicted molar refractivity (Wildman–Crippen MR) is 97.4 cm³/mol. The molecule has 0 saturated carbocycles. The molecular weight excluding hydrogens is 296 g/mol. The van der Waals surface area contributed by atoms with Crippen LogP contribution in [0.3, 0.4) is 0 Å². The minimum atomic E-state index is -0.709. The van der Waals surface area contributed by atoms with Crippen LogP contribution in [0.1, 0.15) is 23.1 Å². The van der Waals surface area contributed by atoms with E-state index >= 15 is 0 Å². The molecule has 3 rings (SSSR count). The van der Waals surface area contributed by atoms with E-state index in [1.54, 1.807) is 24.3 Å². The molecule has 120 valence electrons. The summed E-state index contributed by atoms with van der Waals surface area (Å²) in [5.74, 6) is 0.401. The maximum atomic E-state index is 10.6. The van der Waals surface area contributed by atoms with Crippen LogP contribution in [0.4, 0.5) is 0 Å². The molecule has 24 heavy (non-hydrogen) atoms. The van der Waals surface area contributed by atoms with E-state index < -0.39 is 5.41 Å². The van der Waals surface area contributed by atoms with Crippen molar-refractivity contribution in [1.29, 1.82) is 0 Å². The molecule has 0 saturated heterocycles. The van der Waals surface area contributed by atoms with E-state index in [2.05, 4.69) is 6.58 Å². The van der Waals surface area contributed by atoms with E-state index in [4.69, 9.17) is 0 Å². The summed E-state index contributed by atoms with van der Waals surface area (Å²) in [4.78, 5) is 0. The Morgan fingerprint density at radius 2 is 1.17 bits per heavy atom. The van der Waals surface area contributed by atoms with Gasteiger partial charge in [0.25, 0.3) is 0 Å². The van der Waals surface area contributed by atoms with E-state index in [0.717, 1.165) is 16.7 Å². The molecule has 0 amide bonds. The van der Waals surface area contributed by atoms with Gasteiger partial charge in [-0.25, -0.2) is 0 Å². The maximum Gasteiger partial charge on any atom is 0.120 e. The first kappa shape index (κ1) is 15.9. The van der Waals surface area contributed by atoms with Crippen LogP contribution >= 0.6 is 0 Å². The fourth-order valence-electron chi connectivity index (χ4n) is 3.40. The van der Waals surface area contributed by atoms with Gasteiger partial charge in [-0.1, -0.05) is 72.8 Å². The van der Waals surface area contributed by atoms with Crippen molar-refractivity contribution in [1.82, 2.24) is 0 Å². The third-order valence-electron chi connectivity index (χ3n) is 4.44. The van der Waals surface area contributed by atoms with Crippen molar-refractivity contribution in [2.24, 2.45) is 0 Å². The van der Waals surface area contributed by atoms with Gasteiger partial charge in [0.05, 0.1) is 5.41 Å². The van der Waals surface area contributed by atoms with E-state index in [0.29, 0.717) is 6.42 Å². The van der Waals surface area contributed by atoms with Gasteiger partial charge >= 0.3 is 0 Å². The lowest BCUT2D eigenvalue weighted by Crippen LogP contribution is -2.29. The van der Waals surface area contributed by atoms with Crippen LogP contribution in [0, 0.1) is 0 Å². The van der Waals surface area contributed by atoms with Crippen molar-refractivity contribution in [3.05, 3.63) is 108 Å². The number of hydrogen-bond donors (Lipinski definition) is 2. The second-order valence-corrected chi connectivity index (χ2v) is 5.80. The van der Waals surface area contributed by atoms with Crippen LogP contribution in [0.15, 0.2) is 91.5 Å². The molecule has 0 aliphatic heterocycles. The first-order valence-corrected chi connectivity index (χ1v) is 7.93. The summed E-state index contributed by atoms with van der Waals surface area (Å²) in [7, 11) is 0. The SMILES string of the molecule is C=CCC(c1ccccc1)(c1ccccc1O)c1ccccc1O. The molecule has 0 unspecified atom stereocenters. The van der Waals surface area contributed by atoms with Gasteiger partial charge in [0, 0.05) is 11.1 Å². The molecule has 2 nitrogen and oxygen atoms in total. The number of rotatable bonds is 5. The zero-order chi connectivity index (χ0) is 17.0. The Kier molecular flexibility index (Phi) is 4.39. The molecule has 0 atom stereocenters. The van der Waals surface area contributed by atoms with Gasteiger partial charge in [-0.3, -0.25) is 0 Å². The van der Waals surface area contributed by atoms with Gasteiger partial charge in [-0.15, -0.1) is 6.58 Å². The van der Waals surface area contributed by atoms with Gasteiger partial charge in [0.15, 0.2) is 0 Å². The lowest BCUT2D eigenvalue weighted by Gasteiger charge is -2.36. The molecule has 0 spiro atoms. The highest BCUT2D eigenvalue weighted by Gasteiger charge is 2.38. The summed E-state index contributed by atoms with van der Waals surface area (Å²) in [5, 5.41) is 21.1. The Morgan fingerprint density at radius 3 is 1.62 bits per heavy atom. The minimum Gasteiger partial charge on any atom is -0.508 e. The third-order valence-corrected chi connectivity index (χ3v) is 4.44. The highest BCUT2D eigenvalue weighted by Crippen LogP contribution is 2.48. The molecule has 2 heteroatoms. The minimum absolute atomic E-state index is 0.200. The zero-order valence-corrected chi connectivity index (χ0v) is 13.4. The lowest BCUT2D eigenvalue weighted by atomic mass is 9.66. The van der Waals surface area contributed by atoms with Crippen LogP contribution in [0.25, 0.3) is 0 Å². The molecule has 0 radical (unpaired) electrons. The van der Waals surface area contributed by atoms with Crippen LogP contribution in [0.5, 0.6) is 11.5 Å². The van der Waals surface area contributed by atoms with Crippen molar-refractivity contribution in [3.63, 3.8) is 0 Å². The van der Waals surface area contributed by atoms with Crippen molar-refractivity contribution in [3.8, 4) is 11.5 Å². The number of hydrogen-bond acceptors (Lipinski definition) is 2. The second kappa shape index (κ2) is 6.63. The summed E-state index contributed by atoms with van der Waals surface area (Å²) < 4.78 is 0. The Balaban J connectivity index is 2.41. The standard InChI is InChI=1S/C22H20O2/c1-2-16-22(17-10-4-3-5-11-17,18-12-6-8-14-20(18)23)19-13-7-9-15-21(19)24/h2-15,23-24H,1,16H2. The Labute approximate surface area is 142 Å². The maximum absolute atomic E-state index is 10.6. The first-order chi connectivity index (χ1) is 11.7. The third kappa shape index (κ3) is 2.56. The number of phenols is 2. The Hall–Kier alpha value is -3.00. The van der Waals surface area contributed by atoms with Gasteiger partial charge in [-0.05, 0) is 24.1 Å². The van der Waals surface area contributed by atoms with E-state index in [1.807, 2.05) is 60.7 Å². The van der Waals surface area contributed by atoms with Crippen molar-refractivity contribution in [2.45, 2.75) is 11.8 Å². The summed E-state index contributed by atoms with van der Waals surface area (Å²) in [6.07, 6.45) is 2.37. The van der Waals surface area contributed by atoms with Crippen molar-refractivity contribution in [2.75, 3.05) is 0 Å². The van der Waals surface area contributed by atoms with E-state index in [-0.39, 0.29) is 11.5 Å². The number of benzene rings is 3. The summed E-state index contributed by atoms with van der Waals surface area (Å²) in [6.45, 7) is 3.92. The summed E-state index contributed by atoms with van der Waals surface area (Å²) in [5.41, 5.74) is 1.78. The molecule has 0 fully saturated rings. The van der Waals surface area contributed by atoms with Crippen LogP contribution in [-0.4, -0.2) is 10.2 Å². The van der Waals surface area contributed by atoms with Crippen LogP contribution in [0.2, 0.25) is 0 Å². The zero-order valence-electron chi connectivity index (χ0n) is 13.4. The average Bonchev–Trinajstić information content (AvgIpc) is 2.62. The molecule has 2 N–H and O–H groups in total. The largest absolute Gasteiger partial charge is 0.508 e. The van der Waals surface area contributed by atoms with Crippen molar-refractivity contribution >= 4 is 0 Å². The molecule has 0 heterocycles. The first-order valence-electron chi connectivity index (χ1n) is 7.93. The summed E-state index contributed by atoms with van der Waals surface area (Å²) >= 11 is 0. The number of aromatic hydroxyl groups is 2. The fourth-order valence-corrected chi connectivity index (χ4v) is 3.40. The van der Waals surface area contributed by atoms with Crippen LogP contribution in [-0.2, 0) is 5.41 Å². The molecule has 3 aromatic carbocycles. The van der Waals surface area contributed by atoms with Crippen LogP contribution < -0.4 is 0 Å². The number of allylic oxidation sites excluding steroid dienone is 1. The number of phenolic OH excluding ortho intramolecular Hbond substituents is 2. The molecule has 0 bridgehead atoms. The van der Waals surface area contributed by atoms with Gasteiger partial charge < -0.3 is 10.2 Å². The van der Waals surface area contributed by atoms with Gasteiger partial charge in [0.1, 0.15) is 11.5 Å². The number of para-hydroxylation sites is 2. The molecule has 0 aromatic heterocycles. The Morgan fingerprint density at radius 1 is 0.708 bits per heavy atom. The highest BCUT2D eigenvalue weighted by molar-refractivity contribution is 5.58. The molecule has 0 aliphatic rings. The predicted octanol–water partition coefficient (Wildman–Crippen LogP) is 5.01. The topological polar surface area (TPSA) is 40.5 Å². The smallest absolute Gasteiger partial charge is 0.120 e. The normalized spacial score (nSPS) is 11.2. The second-order valence-electron chi connectivity index (χ2n) is 5.80. The average molecular weight is 316 g/mol. The Bertz CT molecular complexity index is 792. The lowest BCUT2D eigenvalue weighted by molar-refractivity contribution is 0.435. The van der Waals surface area contributed by atoms with Gasteiger partial charge in [-0.2, -0.15) is 0 Å². The molecule has 3 aromatic rings.